The lowest BCUT2D eigenvalue weighted by Gasteiger charge is -2.34. The van der Waals surface area contributed by atoms with Gasteiger partial charge >= 0.3 is 0 Å². The summed E-state index contributed by atoms with van der Waals surface area (Å²) >= 11 is 1.45. The lowest BCUT2D eigenvalue weighted by molar-refractivity contribution is -0.137. The zero-order chi connectivity index (χ0) is 23.0. The van der Waals surface area contributed by atoms with Crippen LogP contribution in [0, 0.1) is 5.92 Å². The zero-order valence-electron chi connectivity index (χ0n) is 18.6. The van der Waals surface area contributed by atoms with Crippen LogP contribution in [0.15, 0.2) is 35.7 Å². The Labute approximate surface area is 197 Å². The van der Waals surface area contributed by atoms with Crippen molar-refractivity contribution in [1.29, 1.82) is 0 Å². The molecule has 0 unspecified atom stereocenters. The summed E-state index contributed by atoms with van der Waals surface area (Å²) < 4.78 is 5.35. The van der Waals surface area contributed by atoms with Gasteiger partial charge in [-0.15, -0.1) is 11.3 Å². The van der Waals surface area contributed by atoms with Crippen molar-refractivity contribution >= 4 is 29.1 Å². The van der Waals surface area contributed by atoms with E-state index in [9.17, 15) is 14.4 Å². The van der Waals surface area contributed by atoms with Crippen LogP contribution in [-0.2, 0) is 9.59 Å². The number of amides is 3. The highest BCUT2D eigenvalue weighted by atomic mass is 32.1. The SMILES string of the molecule is O=C(COc1ccccc1)NNC(=O)c1csc(C2CCN(C(=O)C3CCCCC3)CC2)n1. The maximum atomic E-state index is 12.8. The van der Waals surface area contributed by atoms with Crippen LogP contribution >= 0.6 is 11.3 Å². The van der Waals surface area contributed by atoms with Gasteiger partial charge in [0.05, 0.1) is 5.01 Å². The molecule has 33 heavy (non-hydrogen) atoms. The Morgan fingerprint density at radius 1 is 1.00 bits per heavy atom. The van der Waals surface area contributed by atoms with Crippen LogP contribution in [0.3, 0.4) is 0 Å². The highest BCUT2D eigenvalue weighted by Crippen LogP contribution is 2.32. The Morgan fingerprint density at radius 2 is 1.73 bits per heavy atom. The number of rotatable bonds is 6. The van der Waals surface area contributed by atoms with Gasteiger partial charge in [0.15, 0.2) is 6.61 Å². The molecule has 0 spiro atoms. The third kappa shape index (κ3) is 6.31. The number of hydrogen-bond acceptors (Lipinski definition) is 6. The molecule has 176 valence electrons. The maximum Gasteiger partial charge on any atom is 0.289 e. The number of carbonyl (C=O) groups is 3. The minimum absolute atomic E-state index is 0.204. The second-order valence-corrected chi connectivity index (χ2v) is 9.50. The van der Waals surface area contributed by atoms with E-state index in [-0.39, 0.29) is 24.1 Å². The number of carbonyl (C=O) groups excluding carboxylic acids is 3. The average Bonchev–Trinajstić information content (AvgIpc) is 3.37. The number of likely N-dealkylation sites (tertiary alicyclic amines) is 1. The van der Waals surface area contributed by atoms with Gasteiger partial charge in [0.1, 0.15) is 11.4 Å². The monoisotopic (exact) mass is 470 g/mol. The minimum atomic E-state index is -0.463. The Balaban J connectivity index is 1.20. The predicted molar refractivity (Wildman–Crippen MR) is 125 cm³/mol. The number of ether oxygens (including phenoxy) is 1. The molecule has 8 nitrogen and oxygen atoms in total. The molecule has 1 aromatic carbocycles. The van der Waals surface area contributed by atoms with Crippen molar-refractivity contribution in [3.05, 3.63) is 46.4 Å². The first-order chi connectivity index (χ1) is 16.1. The van der Waals surface area contributed by atoms with E-state index >= 15 is 0 Å². The van der Waals surface area contributed by atoms with Crippen LogP contribution in [0.5, 0.6) is 5.75 Å². The fraction of sp³-hybridized carbons (Fsp3) is 0.500. The molecule has 0 bridgehead atoms. The van der Waals surface area contributed by atoms with E-state index in [4.69, 9.17) is 4.74 Å². The Hall–Kier alpha value is -2.94. The smallest absolute Gasteiger partial charge is 0.289 e. The van der Waals surface area contributed by atoms with E-state index in [1.165, 1.54) is 17.8 Å². The summed E-state index contributed by atoms with van der Waals surface area (Å²) in [5.74, 6) is 0.432. The molecule has 9 heteroatoms. The summed E-state index contributed by atoms with van der Waals surface area (Å²) in [7, 11) is 0. The van der Waals surface area contributed by atoms with Gasteiger partial charge < -0.3 is 9.64 Å². The summed E-state index contributed by atoms with van der Waals surface area (Å²) in [5.41, 5.74) is 5.01. The minimum Gasteiger partial charge on any atom is -0.484 e. The first kappa shape index (κ1) is 23.2. The van der Waals surface area contributed by atoms with Gasteiger partial charge in [-0.1, -0.05) is 37.5 Å². The number of nitrogens with zero attached hydrogens (tertiary/aromatic N) is 2. The van der Waals surface area contributed by atoms with Crippen molar-refractivity contribution in [2.45, 2.75) is 50.9 Å². The molecule has 2 aliphatic rings. The van der Waals surface area contributed by atoms with Gasteiger partial charge in [-0.3, -0.25) is 25.2 Å². The van der Waals surface area contributed by atoms with Crippen LogP contribution in [-0.4, -0.2) is 47.3 Å². The van der Waals surface area contributed by atoms with Gasteiger partial charge in [0, 0.05) is 30.3 Å². The fourth-order valence-electron chi connectivity index (χ4n) is 4.43. The molecule has 2 heterocycles. The van der Waals surface area contributed by atoms with Gasteiger partial charge in [-0.05, 0) is 37.8 Å². The molecule has 1 aliphatic carbocycles. The van der Waals surface area contributed by atoms with Crippen molar-refractivity contribution in [2.75, 3.05) is 19.7 Å². The number of para-hydroxylation sites is 1. The molecule has 2 N–H and O–H groups in total. The topological polar surface area (TPSA) is 101 Å². The Kier molecular flexibility index (Phi) is 7.93. The van der Waals surface area contributed by atoms with E-state index < -0.39 is 11.8 Å². The standard InChI is InChI=1S/C24H30N4O4S/c29-21(15-32-19-9-5-2-6-10-19)26-27-22(30)20-16-33-23(25-20)17-11-13-28(14-12-17)24(31)18-7-3-1-4-8-18/h2,5-6,9-10,16-18H,1,3-4,7-8,11-15H2,(H,26,29)(H,27,30). The summed E-state index contributed by atoms with van der Waals surface area (Å²) in [6.07, 6.45) is 7.35. The Morgan fingerprint density at radius 3 is 2.45 bits per heavy atom. The van der Waals surface area contributed by atoms with Gasteiger partial charge in [-0.25, -0.2) is 4.98 Å². The maximum absolute atomic E-state index is 12.8. The highest BCUT2D eigenvalue weighted by Gasteiger charge is 2.30. The first-order valence-corrected chi connectivity index (χ1v) is 12.5. The molecule has 4 rings (SSSR count). The molecule has 3 amide bonds. The molecule has 0 radical (unpaired) electrons. The number of benzene rings is 1. The van der Waals surface area contributed by atoms with Crippen LogP contribution in [0.4, 0.5) is 0 Å². The first-order valence-electron chi connectivity index (χ1n) is 11.6. The van der Waals surface area contributed by atoms with E-state index in [1.54, 1.807) is 17.5 Å². The molecule has 2 fully saturated rings. The van der Waals surface area contributed by atoms with Crippen molar-refractivity contribution in [2.24, 2.45) is 5.92 Å². The third-order valence-corrected chi connectivity index (χ3v) is 7.30. The van der Waals surface area contributed by atoms with Crippen LogP contribution < -0.4 is 15.6 Å². The lowest BCUT2D eigenvalue weighted by Crippen LogP contribution is -2.44. The average molecular weight is 471 g/mol. The van der Waals surface area contributed by atoms with Crippen molar-refractivity contribution in [3.8, 4) is 5.75 Å². The van der Waals surface area contributed by atoms with Gasteiger partial charge in [0.2, 0.25) is 5.91 Å². The van der Waals surface area contributed by atoms with Gasteiger partial charge in [-0.2, -0.15) is 0 Å². The molecule has 1 aliphatic heterocycles. The van der Waals surface area contributed by atoms with Crippen molar-refractivity contribution in [1.82, 2.24) is 20.7 Å². The van der Waals surface area contributed by atoms with Crippen molar-refractivity contribution < 1.29 is 19.1 Å². The molecule has 0 atom stereocenters. The lowest BCUT2D eigenvalue weighted by atomic mass is 9.87. The summed E-state index contributed by atoms with van der Waals surface area (Å²) in [4.78, 5) is 43.5. The van der Waals surface area contributed by atoms with E-state index in [1.807, 2.05) is 23.1 Å². The number of hydrazine groups is 1. The van der Waals surface area contributed by atoms with Crippen molar-refractivity contribution in [3.63, 3.8) is 0 Å². The quantitative estimate of drug-likeness (QED) is 0.631. The van der Waals surface area contributed by atoms with E-state index in [0.717, 1.165) is 56.6 Å². The van der Waals surface area contributed by atoms with Crippen LogP contribution in [0.1, 0.15) is 66.4 Å². The van der Waals surface area contributed by atoms with E-state index in [0.29, 0.717) is 11.7 Å². The molecule has 1 saturated carbocycles. The molecule has 1 saturated heterocycles. The van der Waals surface area contributed by atoms with Crippen LogP contribution in [0.25, 0.3) is 0 Å². The Bertz CT molecular complexity index is 950. The number of nitrogens with one attached hydrogen (secondary N) is 2. The summed E-state index contributed by atoms with van der Waals surface area (Å²) in [6.45, 7) is 1.29. The normalized spacial score (nSPS) is 17.4. The highest BCUT2D eigenvalue weighted by molar-refractivity contribution is 7.09. The zero-order valence-corrected chi connectivity index (χ0v) is 19.4. The van der Waals surface area contributed by atoms with Gasteiger partial charge in [0.25, 0.3) is 11.8 Å². The van der Waals surface area contributed by atoms with Crippen LogP contribution in [0.2, 0.25) is 0 Å². The molecular formula is C24H30N4O4S. The molecule has 2 aromatic rings. The number of thiazole rings is 1. The number of aromatic nitrogens is 1. The summed E-state index contributed by atoms with van der Waals surface area (Å²) in [6, 6.07) is 8.98. The second-order valence-electron chi connectivity index (χ2n) is 8.61. The fourth-order valence-corrected chi connectivity index (χ4v) is 5.40. The second kappa shape index (κ2) is 11.3. The number of piperidine rings is 1. The molecule has 1 aromatic heterocycles. The largest absolute Gasteiger partial charge is 0.484 e. The van der Waals surface area contributed by atoms with E-state index in [2.05, 4.69) is 15.8 Å². The third-order valence-electron chi connectivity index (χ3n) is 6.29. The predicted octanol–water partition coefficient (Wildman–Crippen LogP) is 3.27. The molecular weight excluding hydrogens is 440 g/mol. The summed E-state index contributed by atoms with van der Waals surface area (Å²) in [5, 5.41) is 2.61. The number of hydrogen-bond donors (Lipinski definition) is 2.